The van der Waals surface area contributed by atoms with E-state index in [2.05, 4.69) is 67.1 Å². The molecule has 2 atom stereocenters. The Morgan fingerprint density at radius 3 is 2.14 bits per heavy atom. The molecule has 0 radical (unpaired) electrons. The number of hydrogen-bond donors (Lipinski definition) is 1. The molecule has 1 N–H and O–H groups in total. The first-order valence-electron chi connectivity index (χ1n) is 21.1. The summed E-state index contributed by atoms with van der Waals surface area (Å²) in [4.78, 5) is 36.1. The molecule has 2 fully saturated rings. The SMILES string of the molecule is Cc1nc(-c2ccc(-c3cnn4c(N(COCC[Si](C)(C)C)COCC[Si](C)(C)C)c(C5CC5)c(CCC5CCC(C)N5C(=O)OC(C)(C)C)nc34)cn2)[nH]c1C. The summed E-state index contributed by atoms with van der Waals surface area (Å²) in [6, 6.07) is 6.46. The molecule has 1 saturated heterocycles. The Hall–Kier alpha value is -3.60. The molecule has 1 saturated carbocycles. The Labute approximate surface area is 342 Å². The number of hydrogen-bond acceptors (Lipinski definition) is 9. The first-order valence-corrected chi connectivity index (χ1v) is 28.5. The molecule has 1 aliphatic carbocycles. The molecule has 2 unspecified atom stereocenters. The van der Waals surface area contributed by atoms with Crippen molar-refractivity contribution in [2.45, 2.75) is 155 Å². The number of aromatic amines is 1. The van der Waals surface area contributed by atoms with E-state index in [9.17, 15) is 4.79 Å². The van der Waals surface area contributed by atoms with E-state index < -0.39 is 21.7 Å². The van der Waals surface area contributed by atoms with Crippen molar-refractivity contribution in [1.82, 2.24) is 34.4 Å². The van der Waals surface area contributed by atoms with Crippen LogP contribution >= 0.6 is 0 Å². The number of nitrogens with zero attached hydrogens (tertiary/aromatic N) is 7. The largest absolute Gasteiger partial charge is 0.444 e. The van der Waals surface area contributed by atoms with E-state index in [1.165, 1.54) is 5.56 Å². The zero-order valence-corrected chi connectivity index (χ0v) is 38.8. The molecule has 5 heterocycles. The normalized spacial score (nSPS) is 17.9. The van der Waals surface area contributed by atoms with Gasteiger partial charge in [0.05, 0.1) is 17.6 Å². The maximum Gasteiger partial charge on any atom is 0.410 e. The second kappa shape index (κ2) is 17.3. The number of amides is 1. The van der Waals surface area contributed by atoms with E-state index in [1.54, 1.807) is 0 Å². The minimum absolute atomic E-state index is 0.0734. The molecule has 4 aromatic heterocycles. The van der Waals surface area contributed by atoms with Crippen LogP contribution in [-0.4, -0.2) is 101 Å². The molecule has 4 aromatic rings. The highest BCUT2D eigenvalue weighted by atomic mass is 28.3. The summed E-state index contributed by atoms with van der Waals surface area (Å²) in [5, 5.41) is 5.07. The lowest BCUT2D eigenvalue weighted by Crippen LogP contribution is -2.43. The van der Waals surface area contributed by atoms with Crippen molar-refractivity contribution in [3.05, 3.63) is 47.2 Å². The summed E-state index contributed by atoms with van der Waals surface area (Å²) in [7, 11) is -2.59. The van der Waals surface area contributed by atoms with Crippen molar-refractivity contribution in [2.75, 3.05) is 31.6 Å². The fraction of sp³-hybridized carbons (Fsp3) is 0.651. The average Bonchev–Trinajstić information content (AvgIpc) is 3.62. The number of imidazole rings is 1. The number of likely N-dealkylation sites (tertiary alicyclic amines) is 1. The molecule has 1 aliphatic heterocycles. The zero-order valence-electron chi connectivity index (χ0n) is 36.8. The Kier molecular flexibility index (Phi) is 13.1. The number of aromatic nitrogens is 6. The highest BCUT2D eigenvalue weighted by molar-refractivity contribution is 6.76. The predicted octanol–water partition coefficient (Wildman–Crippen LogP) is 9.83. The molecule has 312 valence electrons. The summed E-state index contributed by atoms with van der Waals surface area (Å²) in [6.07, 6.45) is 9.22. The third-order valence-corrected chi connectivity index (χ3v) is 14.5. The van der Waals surface area contributed by atoms with Gasteiger partial charge in [-0.15, -0.1) is 0 Å². The molecule has 0 aromatic carbocycles. The fourth-order valence-electron chi connectivity index (χ4n) is 7.45. The predicted molar refractivity (Wildman–Crippen MR) is 235 cm³/mol. The first kappa shape index (κ1) is 43.0. The topological polar surface area (TPSA) is 123 Å². The van der Waals surface area contributed by atoms with Crippen molar-refractivity contribution in [1.29, 1.82) is 0 Å². The lowest BCUT2D eigenvalue weighted by Gasteiger charge is -2.32. The van der Waals surface area contributed by atoms with Crippen molar-refractivity contribution in [2.24, 2.45) is 0 Å². The smallest absolute Gasteiger partial charge is 0.410 e. The second-order valence-corrected chi connectivity index (χ2v) is 31.1. The summed E-state index contributed by atoms with van der Waals surface area (Å²) < 4.78 is 20.9. The lowest BCUT2D eigenvalue weighted by atomic mass is 10.0. The summed E-state index contributed by atoms with van der Waals surface area (Å²) in [5.41, 5.74) is 7.15. The molecular formula is C43H68N8O4Si2. The number of pyridine rings is 1. The van der Waals surface area contributed by atoms with Gasteiger partial charge in [-0.2, -0.15) is 9.61 Å². The fourth-order valence-corrected chi connectivity index (χ4v) is 8.97. The van der Waals surface area contributed by atoms with Crippen LogP contribution < -0.4 is 4.90 Å². The molecule has 0 bridgehead atoms. The molecular weight excluding hydrogens is 749 g/mol. The van der Waals surface area contributed by atoms with Gasteiger partial charge in [-0.25, -0.2) is 14.8 Å². The van der Waals surface area contributed by atoms with Crippen LogP contribution in [0.3, 0.4) is 0 Å². The van der Waals surface area contributed by atoms with Crippen LogP contribution in [0.5, 0.6) is 0 Å². The number of ether oxygens (including phenoxy) is 3. The third-order valence-electron chi connectivity index (χ3n) is 11.1. The van der Waals surface area contributed by atoms with Gasteiger partial charge >= 0.3 is 6.09 Å². The Morgan fingerprint density at radius 1 is 0.930 bits per heavy atom. The zero-order chi connectivity index (χ0) is 41.3. The molecule has 0 spiro atoms. The van der Waals surface area contributed by atoms with E-state index in [4.69, 9.17) is 29.3 Å². The summed E-state index contributed by atoms with van der Waals surface area (Å²) in [5.74, 6) is 2.13. The van der Waals surface area contributed by atoms with Crippen molar-refractivity contribution < 1.29 is 19.0 Å². The summed E-state index contributed by atoms with van der Waals surface area (Å²) in [6.45, 7) is 28.5. The van der Waals surface area contributed by atoms with Gasteiger partial charge in [0.15, 0.2) is 11.5 Å². The number of nitrogens with one attached hydrogen (secondary N) is 1. The van der Waals surface area contributed by atoms with Gasteiger partial charge in [0.1, 0.15) is 30.6 Å². The summed E-state index contributed by atoms with van der Waals surface area (Å²) >= 11 is 0. The maximum atomic E-state index is 13.5. The van der Waals surface area contributed by atoms with Crippen molar-refractivity contribution in [3.63, 3.8) is 0 Å². The number of rotatable bonds is 17. The van der Waals surface area contributed by atoms with Gasteiger partial charge in [0, 0.05) is 70.0 Å². The molecule has 12 nitrogen and oxygen atoms in total. The number of fused-ring (bicyclic) bond motifs is 1. The number of H-pyrrole nitrogens is 1. The molecule has 6 rings (SSSR count). The van der Waals surface area contributed by atoms with E-state index in [1.807, 2.05) is 62.5 Å². The average molecular weight is 817 g/mol. The van der Waals surface area contributed by atoms with Crippen LogP contribution in [0.4, 0.5) is 10.6 Å². The van der Waals surface area contributed by atoms with Crippen LogP contribution in [0.1, 0.15) is 88.4 Å². The van der Waals surface area contributed by atoms with Gasteiger partial charge in [-0.1, -0.05) is 45.3 Å². The Balaban J connectivity index is 1.41. The minimum atomic E-state index is -1.30. The Morgan fingerprint density at radius 2 is 1.60 bits per heavy atom. The van der Waals surface area contributed by atoms with E-state index in [0.717, 1.165) is 102 Å². The van der Waals surface area contributed by atoms with Gasteiger partial charge in [0.25, 0.3) is 0 Å². The van der Waals surface area contributed by atoms with E-state index in [0.29, 0.717) is 32.6 Å². The standard InChI is InChI=1S/C43H68N8O4Si2/c1-29-13-17-34(50(29)42(52)55-43(4,5)6)18-20-36-38(32-14-15-32)41(49(27-53-21-23-56(7,8)9)28-54-22-24-57(10,11)12)51-40(48-36)35(26-45-51)33-16-19-37(44-25-33)39-46-30(2)31(3)47-39/h16,19,25-26,29,32,34H,13-15,17-18,20-24,27-28H2,1-12H3,(H,46,47). The van der Waals surface area contributed by atoms with Crippen LogP contribution in [0.2, 0.25) is 51.4 Å². The first-order chi connectivity index (χ1) is 26.8. The Bertz CT molecular complexity index is 1950. The number of carbonyl (C=O) groups is 1. The quantitative estimate of drug-likeness (QED) is 0.0630. The van der Waals surface area contributed by atoms with E-state index in [-0.39, 0.29) is 18.2 Å². The van der Waals surface area contributed by atoms with Gasteiger partial charge in [0.2, 0.25) is 0 Å². The van der Waals surface area contributed by atoms with Crippen molar-refractivity contribution in [3.8, 4) is 22.6 Å². The second-order valence-electron chi connectivity index (χ2n) is 19.8. The van der Waals surface area contributed by atoms with Crippen LogP contribution in [0.15, 0.2) is 24.5 Å². The minimum Gasteiger partial charge on any atom is -0.444 e. The number of anilines is 1. The third kappa shape index (κ3) is 11.1. The van der Waals surface area contributed by atoms with Gasteiger partial charge < -0.3 is 29.0 Å². The lowest BCUT2D eigenvalue weighted by molar-refractivity contribution is 0.0153. The number of carbonyl (C=O) groups excluding carboxylic acids is 1. The van der Waals surface area contributed by atoms with Crippen LogP contribution in [0, 0.1) is 13.8 Å². The molecule has 57 heavy (non-hydrogen) atoms. The van der Waals surface area contributed by atoms with Crippen LogP contribution in [-0.2, 0) is 20.6 Å². The van der Waals surface area contributed by atoms with Gasteiger partial charge in [-0.3, -0.25) is 4.98 Å². The van der Waals surface area contributed by atoms with Gasteiger partial charge in [-0.05, 0) is 104 Å². The highest BCUT2D eigenvalue weighted by Gasteiger charge is 2.39. The highest BCUT2D eigenvalue weighted by Crippen LogP contribution is 2.47. The molecule has 14 heteroatoms. The van der Waals surface area contributed by atoms with E-state index >= 15 is 0 Å². The maximum absolute atomic E-state index is 13.5. The van der Waals surface area contributed by atoms with Crippen molar-refractivity contribution >= 4 is 33.7 Å². The molecule has 2 aliphatic rings. The monoisotopic (exact) mass is 816 g/mol. The number of aryl methyl sites for hydroxylation is 3. The van der Waals surface area contributed by atoms with Crippen LogP contribution in [0.25, 0.3) is 28.3 Å². The molecule has 1 amide bonds.